The van der Waals surface area contributed by atoms with Crippen LogP contribution >= 0.6 is 11.8 Å². The fraction of sp³-hybridized carbons (Fsp3) is 0.130. The number of hydrogen-bond acceptors (Lipinski definition) is 9. The van der Waals surface area contributed by atoms with Gasteiger partial charge in [0, 0.05) is 36.3 Å². The first-order valence-corrected chi connectivity index (χ1v) is 11.5. The van der Waals surface area contributed by atoms with Crippen molar-refractivity contribution in [3.05, 3.63) is 78.6 Å². The van der Waals surface area contributed by atoms with Gasteiger partial charge in [0.15, 0.2) is 17.3 Å². The van der Waals surface area contributed by atoms with E-state index < -0.39 is 0 Å². The Morgan fingerprint density at radius 1 is 1.06 bits per heavy atom. The highest BCUT2D eigenvalue weighted by Gasteiger charge is 2.17. The summed E-state index contributed by atoms with van der Waals surface area (Å²) in [5.41, 5.74) is 1.74. The van der Waals surface area contributed by atoms with Gasteiger partial charge in [0.25, 0.3) is 5.91 Å². The Balaban J connectivity index is 1.21. The minimum atomic E-state index is -0.315. The zero-order valence-electron chi connectivity index (χ0n) is 18.2. The van der Waals surface area contributed by atoms with Crippen LogP contribution in [0.3, 0.4) is 0 Å². The van der Waals surface area contributed by atoms with Crippen LogP contribution in [0, 0.1) is 0 Å². The van der Waals surface area contributed by atoms with Crippen molar-refractivity contribution in [2.75, 3.05) is 17.9 Å². The Bertz CT molecular complexity index is 1360. The lowest BCUT2D eigenvalue weighted by Gasteiger charge is -2.11. The summed E-state index contributed by atoms with van der Waals surface area (Å²) in [5, 5.41) is 10.3. The Morgan fingerprint density at radius 3 is 2.80 bits per heavy atom. The highest BCUT2D eigenvalue weighted by molar-refractivity contribution is 8.00. The van der Waals surface area contributed by atoms with Crippen LogP contribution in [-0.2, 0) is 11.3 Å². The average Bonchev–Trinajstić information content (AvgIpc) is 3.58. The molecule has 2 amide bonds. The summed E-state index contributed by atoms with van der Waals surface area (Å²) in [6, 6.07) is 12.2. The lowest BCUT2D eigenvalue weighted by atomic mass is 10.2. The molecule has 1 aliphatic heterocycles. The van der Waals surface area contributed by atoms with Crippen LogP contribution < -0.4 is 20.1 Å². The molecule has 0 fully saturated rings. The molecule has 35 heavy (non-hydrogen) atoms. The molecule has 4 aromatic rings. The maximum Gasteiger partial charge on any atom is 0.254 e. The van der Waals surface area contributed by atoms with Crippen molar-refractivity contribution in [2.45, 2.75) is 11.6 Å². The molecule has 3 aromatic heterocycles. The molecule has 0 spiro atoms. The first-order chi connectivity index (χ1) is 17.2. The predicted octanol–water partition coefficient (Wildman–Crippen LogP) is 2.45. The first kappa shape index (κ1) is 22.3. The maximum atomic E-state index is 12.9. The largest absolute Gasteiger partial charge is 0.454 e. The van der Waals surface area contributed by atoms with Crippen LogP contribution in [-0.4, -0.2) is 49.1 Å². The number of nitrogens with one attached hydrogen (secondary N) is 2. The standard InChI is InChI=1S/C23H19N7O4S/c31-20(29-16-5-6-18-19(9-16)34-14-33-18)11-35-23-17(4-2-8-26-23)22(32)27-10-15-3-1-7-25-21(15)30-13-24-12-28-30/h1-9,12-13H,10-11,14H2,(H,27,32)(H,29,31). The second kappa shape index (κ2) is 10.2. The molecule has 0 aliphatic carbocycles. The van der Waals surface area contributed by atoms with E-state index in [4.69, 9.17) is 9.47 Å². The molecule has 2 N–H and O–H groups in total. The number of fused-ring (bicyclic) bond motifs is 1. The van der Waals surface area contributed by atoms with Crippen molar-refractivity contribution in [3.8, 4) is 17.3 Å². The molecule has 0 saturated carbocycles. The molecule has 4 heterocycles. The lowest BCUT2D eigenvalue weighted by Crippen LogP contribution is -2.25. The van der Waals surface area contributed by atoms with Gasteiger partial charge in [-0.15, -0.1) is 0 Å². The van der Waals surface area contributed by atoms with E-state index in [0.29, 0.717) is 33.6 Å². The summed E-state index contributed by atoms with van der Waals surface area (Å²) in [6.07, 6.45) is 6.18. The number of aromatic nitrogens is 5. The SMILES string of the molecule is O=C(CSc1ncccc1C(=O)NCc1cccnc1-n1cncn1)Nc1ccc2c(c1)OCO2. The molecule has 5 rings (SSSR count). The molecule has 176 valence electrons. The van der Waals surface area contributed by atoms with Crippen molar-refractivity contribution in [3.63, 3.8) is 0 Å². The number of hydrogen-bond donors (Lipinski definition) is 2. The van der Waals surface area contributed by atoms with Gasteiger partial charge >= 0.3 is 0 Å². The van der Waals surface area contributed by atoms with Crippen LogP contribution in [0.4, 0.5) is 5.69 Å². The molecule has 0 unspecified atom stereocenters. The monoisotopic (exact) mass is 489 g/mol. The second-order valence-corrected chi connectivity index (χ2v) is 8.23. The number of carbonyl (C=O) groups excluding carboxylic acids is 2. The average molecular weight is 490 g/mol. The van der Waals surface area contributed by atoms with Crippen molar-refractivity contribution in [1.82, 2.24) is 30.0 Å². The molecular weight excluding hydrogens is 470 g/mol. The Labute approximate surface area is 203 Å². The fourth-order valence-electron chi connectivity index (χ4n) is 3.35. The van der Waals surface area contributed by atoms with Gasteiger partial charge in [-0.05, 0) is 30.3 Å². The van der Waals surface area contributed by atoms with Crippen molar-refractivity contribution < 1.29 is 19.1 Å². The van der Waals surface area contributed by atoms with Gasteiger partial charge in [-0.1, -0.05) is 17.8 Å². The fourth-order valence-corrected chi connectivity index (χ4v) is 4.14. The summed E-state index contributed by atoms with van der Waals surface area (Å²) < 4.78 is 12.1. The third-order valence-electron chi connectivity index (χ3n) is 4.95. The van der Waals surface area contributed by atoms with E-state index in [0.717, 1.165) is 5.56 Å². The summed E-state index contributed by atoms with van der Waals surface area (Å²) in [6.45, 7) is 0.390. The van der Waals surface area contributed by atoms with Gasteiger partial charge in [-0.25, -0.2) is 19.6 Å². The van der Waals surface area contributed by atoms with E-state index >= 15 is 0 Å². The second-order valence-electron chi connectivity index (χ2n) is 7.27. The maximum absolute atomic E-state index is 12.9. The van der Waals surface area contributed by atoms with E-state index in [9.17, 15) is 9.59 Å². The zero-order valence-corrected chi connectivity index (χ0v) is 19.1. The van der Waals surface area contributed by atoms with Gasteiger partial charge in [-0.3, -0.25) is 9.59 Å². The lowest BCUT2D eigenvalue weighted by molar-refractivity contribution is -0.113. The minimum absolute atomic E-state index is 0.0742. The predicted molar refractivity (Wildman–Crippen MR) is 126 cm³/mol. The number of ether oxygens (including phenoxy) is 2. The smallest absolute Gasteiger partial charge is 0.254 e. The van der Waals surface area contributed by atoms with Crippen molar-refractivity contribution >= 4 is 29.3 Å². The molecule has 1 aromatic carbocycles. The molecule has 12 heteroatoms. The van der Waals surface area contributed by atoms with E-state index in [1.165, 1.54) is 29.1 Å². The molecule has 0 bridgehead atoms. The third kappa shape index (κ3) is 5.22. The molecular formula is C23H19N7O4S. The molecule has 0 saturated heterocycles. The minimum Gasteiger partial charge on any atom is -0.454 e. The molecule has 1 aliphatic rings. The van der Waals surface area contributed by atoms with Gasteiger partial charge < -0.3 is 20.1 Å². The van der Waals surface area contributed by atoms with E-state index in [-0.39, 0.29) is 30.9 Å². The Kier molecular flexibility index (Phi) is 6.52. The number of thioether (sulfide) groups is 1. The van der Waals surface area contributed by atoms with Crippen molar-refractivity contribution in [2.24, 2.45) is 0 Å². The van der Waals surface area contributed by atoms with E-state index in [1.54, 1.807) is 48.8 Å². The van der Waals surface area contributed by atoms with Crippen molar-refractivity contribution in [1.29, 1.82) is 0 Å². The summed E-state index contributed by atoms with van der Waals surface area (Å²) in [5.74, 6) is 1.32. The van der Waals surface area contributed by atoms with Gasteiger partial charge in [0.1, 0.15) is 17.7 Å². The molecule has 0 atom stereocenters. The molecule has 11 nitrogen and oxygen atoms in total. The van der Waals surface area contributed by atoms with Gasteiger partial charge in [-0.2, -0.15) is 5.10 Å². The number of nitrogens with zero attached hydrogens (tertiary/aromatic N) is 5. The number of carbonyl (C=O) groups is 2. The highest BCUT2D eigenvalue weighted by Crippen LogP contribution is 2.34. The van der Waals surface area contributed by atoms with Crippen LogP contribution in [0.1, 0.15) is 15.9 Å². The first-order valence-electron chi connectivity index (χ1n) is 10.5. The zero-order chi connectivity index (χ0) is 24.0. The van der Waals surface area contributed by atoms with Crippen LogP contribution in [0.5, 0.6) is 11.5 Å². The quantitative estimate of drug-likeness (QED) is 0.358. The van der Waals surface area contributed by atoms with E-state index in [2.05, 4.69) is 30.7 Å². The molecule has 0 radical (unpaired) electrons. The highest BCUT2D eigenvalue weighted by atomic mass is 32.2. The van der Waals surface area contributed by atoms with Crippen LogP contribution in [0.15, 0.2) is 72.5 Å². The van der Waals surface area contributed by atoms with Gasteiger partial charge in [0.2, 0.25) is 12.7 Å². The summed E-state index contributed by atoms with van der Waals surface area (Å²) >= 11 is 1.18. The Hall–Kier alpha value is -4.45. The summed E-state index contributed by atoms with van der Waals surface area (Å²) in [4.78, 5) is 38.0. The number of pyridine rings is 2. The topological polar surface area (TPSA) is 133 Å². The van der Waals surface area contributed by atoms with Crippen LogP contribution in [0.2, 0.25) is 0 Å². The summed E-state index contributed by atoms with van der Waals surface area (Å²) in [7, 11) is 0. The number of rotatable bonds is 8. The number of anilines is 1. The van der Waals surface area contributed by atoms with Gasteiger partial charge in [0.05, 0.1) is 11.3 Å². The number of benzene rings is 1. The Morgan fingerprint density at radius 2 is 1.91 bits per heavy atom. The van der Waals surface area contributed by atoms with E-state index in [1.807, 2.05) is 6.07 Å². The number of amides is 2. The van der Waals surface area contributed by atoms with Crippen LogP contribution in [0.25, 0.3) is 5.82 Å². The normalized spacial score (nSPS) is 11.8. The third-order valence-corrected chi connectivity index (χ3v) is 5.96.